The van der Waals surface area contributed by atoms with Crippen molar-refractivity contribution in [3.63, 3.8) is 0 Å². The normalized spacial score (nSPS) is 10.4. The first-order chi connectivity index (χ1) is 16.5. The Morgan fingerprint density at radius 2 is 1.47 bits per heavy atom. The van der Waals surface area contributed by atoms with Crippen molar-refractivity contribution in [1.29, 1.82) is 0 Å². The maximum Gasteiger partial charge on any atom is 0.343 e. The molecule has 0 unspecified atom stereocenters. The van der Waals surface area contributed by atoms with Gasteiger partial charge in [0.2, 0.25) is 0 Å². The van der Waals surface area contributed by atoms with Crippen LogP contribution in [0, 0.1) is 0 Å². The Hall–Kier alpha value is -4.53. The van der Waals surface area contributed by atoms with Crippen LogP contribution in [0.1, 0.15) is 15.9 Å². The number of rotatable bonds is 10. The minimum absolute atomic E-state index is 0.219. The molecule has 0 radical (unpaired) electrons. The summed E-state index contributed by atoms with van der Waals surface area (Å²) in [6, 6.07) is 18.4. The van der Waals surface area contributed by atoms with E-state index in [1.165, 1.54) is 27.5 Å². The van der Waals surface area contributed by atoms with Crippen LogP contribution in [0.15, 0.2) is 71.8 Å². The van der Waals surface area contributed by atoms with E-state index in [9.17, 15) is 9.59 Å². The molecule has 0 fully saturated rings. The first-order valence-corrected chi connectivity index (χ1v) is 10.2. The van der Waals surface area contributed by atoms with Gasteiger partial charge in [-0.2, -0.15) is 5.10 Å². The number of esters is 1. The van der Waals surface area contributed by atoms with Gasteiger partial charge in [-0.1, -0.05) is 12.1 Å². The van der Waals surface area contributed by atoms with Gasteiger partial charge in [-0.15, -0.1) is 0 Å². The summed E-state index contributed by atoms with van der Waals surface area (Å²) in [4.78, 5) is 24.3. The number of hydrazone groups is 1. The van der Waals surface area contributed by atoms with E-state index in [1.54, 1.807) is 66.7 Å². The number of amides is 1. The highest BCUT2D eigenvalue weighted by molar-refractivity contribution is 5.92. The quantitative estimate of drug-likeness (QED) is 0.212. The fourth-order valence-corrected chi connectivity index (χ4v) is 2.84. The summed E-state index contributed by atoms with van der Waals surface area (Å²) >= 11 is 0. The topological polar surface area (TPSA) is 105 Å². The SMILES string of the molecule is COc1ccc(C(=O)Oc2ccc(/C=N/NC(=O)COc3ccccc3OC)cc2)cc1OC. The van der Waals surface area contributed by atoms with Gasteiger partial charge in [0.1, 0.15) is 5.75 Å². The molecular weight excluding hydrogens is 440 g/mol. The van der Waals surface area contributed by atoms with E-state index in [-0.39, 0.29) is 6.61 Å². The second-order valence-electron chi connectivity index (χ2n) is 6.76. The predicted octanol–water partition coefficient (Wildman–Crippen LogP) is 3.46. The highest BCUT2D eigenvalue weighted by Gasteiger charge is 2.13. The molecule has 0 atom stereocenters. The lowest BCUT2D eigenvalue weighted by Crippen LogP contribution is -2.24. The number of carbonyl (C=O) groups excluding carboxylic acids is 2. The van der Waals surface area contributed by atoms with Crippen molar-refractivity contribution >= 4 is 18.1 Å². The number of benzene rings is 3. The summed E-state index contributed by atoms with van der Waals surface area (Å²) in [5, 5.41) is 3.90. The number of hydrogen-bond donors (Lipinski definition) is 1. The van der Waals surface area contributed by atoms with Crippen LogP contribution in [0.3, 0.4) is 0 Å². The minimum Gasteiger partial charge on any atom is -0.493 e. The monoisotopic (exact) mass is 464 g/mol. The van der Waals surface area contributed by atoms with Crippen LogP contribution in [0.25, 0.3) is 0 Å². The zero-order valence-electron chi connectivity index (χ0n) is 18.9. The molecule has 1 N–H and O–H groups in total. The number of nitrogens with zero attached hydrogens (tertiary/aromatic N) is 1. The molecule has 0 heterocycles. The Morgan fingerprint density at radius 3 is 2.15 bits per heavy atom. The van der Waals surface area contributed by atoms with Gasteiger partial charge in [0, 0.05) is 0 Å². The van der Waals surface area contributed by atoms with Gasteiger partial charge in [0.15, 0.2) is 29.6 Å². The average Bonchev–Trinajstić information content (AvgIpc) is 2.88. The van der Waals surface area contributed by atoms with Crippen molar-refractivity contribution < 1.29 is 33.3 Å². The fourth-order valence-electron chi connectivity index (χ4n) is 2.84. The number of carbonyl (C=O) groups is 2. The summed E-state index contributed by atoms with van der Waals surface area (Å²) in [5.74, 6) is 1.33. The van der Waals surface area contributed by atoms with E-state index in [4.69, 9.17) is 23.7 Å². The molecule has 0 spiro atoms. The third-order valence-electron chi connectivity index (χ3n) is 4.54. The largest absolute Gasteiger partial charge is 0.493 e. The second-order valence-corrected chi connectivity index (χ2v) is 6.76. The Morgan fingerprint density at radius 1 is 0.824 bits per heavy atom. The molecule has 9 heteroatoms. The zero-order chi connectivity index (χ0) is 24.3. The van der Waals surface area contributed by atoms with Crippen LogP contribution >= 0.6 is 0 Å². The third kappa shape index (κ3) is 6.49. The van der Waals surface area contributed by atoms with E-state index >= 15 is 0 Å². The van der Waals surface area contributed by atoms with E-state index in [0.29, 0.717) is 39.9 Å². The Bertz CT molecular complexity index is 1160. The van der Waals surface area contributed by atoms with Crippen molar-refractivity contribution in [3.8, 4) is 28.7 Å². The van der Waals surface area contributed by atoms with Crippen molar-refractivity contribution in [2.75, 3.05) is 27.9 Å². The van der Waals surface area contributed by atoms with Crippen molar-refractivity contribution in [2.24, 2.45) is 5.10 Å². The van der Waals surface area contributed by atoms with Crippen LogP contribution < -0.4 is 29.1 Å². The van der Waals surface area contributed by atoms with Crippen molar-refractivity contribution in [2.45, 2.75) is 0 Å². The molecule has 3 aromatic carbocycles. The van der Waals surface area contributed by atoms with Crippen LogP contribution in [-0.4, -0.2) is 46.0 Å². The molecule has 0 aliphatic rings. The lowest BCUT2D eigenvalue weighted by atomic mass is 10.2. The smallest absolute Gasteiger partial charge is 0.343 e. The summed E-state index contributed by atoms with van der Waals surface area (Å²) in [6.07, 6.45) is 1.46. The maximum atomic E-state index is 12.4. The van der Waals surface area contributed by atoms with Crippen LogP contribution in [-0.2, 0) is 4.79 Å². The molecule has 0 bridgehead atoms. The first kappa shape index (κ1) is 24.1. The third-order valence-corrected chi connectivity index (χ3v) is 4.54. The van der Waals surface area contributed by atoms with E-state index < -0.39 is 11.9 Å². The number of hydrogen-bond acceptors (Lipinski definition) is 8. The zero-order valence-corrected chi connectivity index (χ0v) is 18.9. The van der Waals surface area contributed by atoms with Gasteiger partial charge in [0.05, 0.1) is 33.1 Å². The summed E-state index contributed by atoms with van der Waals surface area (Å²) in [5.41, 5.74) is 3.40. The molecule has 0 aliphatic heterocycles. The Kier molecular flexibility index (Phi) is 8.45. The number of nitrogens with one attached hydrogen (secondary N) is 1. The molecule has 34 heavy (non-hydrogen) atoms. The molecule has 3 rings (SSSR count). The van der Waals surface area contributed by atoms with Gasteiger partial charge in [0.25, 0.3) is 5.91 Å². The van der Waals surface area contributed by atoms with Gasteiger partial charge in [-0.3, -0.25) is 4.79 Å². The molecule has 0 saturated heterocycles. The highest BCUT2D eigenvalue weighted by atomic mass is 16.5. The molecule has 9 nitrogen and oxygen atoms in total. The number of ether oxygens (including phenoxy) is 5. The van der Waals surface area contributed by atoms with E-state index in [2.05, 4.69) is 10.5 Å². The van der Waals surface area contributed by atoms with E-state index in [0.717, 1.165) is 0 Å². The summed E-state index contributed by atoms with van der Waals surface area (Å²) in [7, 11) is 4.53. The summed E-state index contributed by atoms with van der Waals surface area (Å²) in [6.45, 7) is -0.219. The minimum atomic E-state index is -0.537. The lowest BCUT2D eigenvalue weighted by Gasteiger charge is -2.09. The maximum absolute atomic E-state index is 12.4. The number of para-hydroxylation sites is 2. The van der Waals surface area contributed by atoms with Crippen molar-refractivity contribution in [1.82, 2.24) is 5.43 Å². The first-order valence-electron chi connectivity index (χ1n) is 10.2. The fraction of sp³-hybridized carbons (Fsp3) is 0.160. The lowest BCUT2D eigenvalue weighted by molar-refractivity contribution is -0.123. The molecule has 0 saturated carbocycles. The van der Waals surface area contributed by atoms with Gasteiger partial charge in [-0.25, -0.2) is 10.2 Å². The van der Waals surface area contributed by atoms with Gasteiger partial charge >= 0.3 is 5.97 Å². The molecule has 176 valence electrons. The predicted molar refractivity (Wildman–Crippen MR) is 125 cm³/mol. The van der Waals surface area contributed by atoms with Gasteiger partial charge < -0.3 is 23.7 Å². The molecular formula is C25H24N2O7. The van der Waals surface area contributed by atoms with Crippen molar-refractivity contribution in [3.05, 3.63) is 77.9 Å². The standard InChI is InChI=1S/C25H24N2O7/c1-30-20-6-4-5-7-22(20)33-16-24(28)27-26-15-17-8-11-19(12-9-17)34-25(29)18-10-13-21(31-2)23(14-18)32-3/h4-15H,16H2,1-3H3,(H,27,28)/b26-15+. The Labute approximate surface area is 196 Å². The molecule has 0 aliphatic carbocycles. The highest BCUT2D eigenvalue weighted by Crippen LogP contribution is 2.28. The summed E-state index contributed by atoms with van der Waals surface area (Å²) < 4.78 is 26.4. The van der Waals surface area contributed by atoms with Crippen LogP contribution in [0.4, 0.5) is 0 Å². The second kappa shape index (κ2) is 11.9. The Balaban J connectivity index is 1.50. The average molecular weight is 464 g/mol. The van der Waals surface area contributed by atoms with Gasteiger partial charge in [-0.05, 0) is 60.2 Å². The molecule has 0 aromatic heterocycles. The van der Waals surface area contributed by atoms with Crippen LogP contribution in [0.2, 0.25) is 0 Å². The van der Waals surface area contributed by atoms with Crippen LogP contribution in [0.5, 0.6) is 28.7 Å². The molecule has 1 amide bonds. The molecule has 3 aromatic rings. The number of methoxy groups -OCH3 is 3. The van der Waals surface area contributed by atoms with E-state index in [1.807, 2.05) is 0 Å².